The Morgan fingerprint density at radius 3 is 2.90 bits per heavy atom. The Kier molecular flexibility index (Phi) is 5.63. The maximum Gasteiger partial charge on any atom is 0.303 e. The second kappa shape index (κ2) is 7.69. The molecule has 0 bridgehead atoms. The highest BCUT2D eigenvalue weighted by molar-refractivity contribution is 5.84. The molecule has 0 saturated carbocycles. The number of carboxylic acid groups (broad SMARTS) is 1. The molecule has 1 aromatic carbocycles. The molecule has 0 aliphatic heterocycles. The lowest BCUT2D eigenvalue weighted by atomic mass is 10.1. The van der Waals surface area contributed by atoms with Gasteiger partial charge in [0, 0.05) is 23.5 Å². The average Bonchev–Trinajstić information content (AvgIpc) is 2.85. The Labute approximate surface area is 124 Å². The predicted molar refractivity (Wildman–Crippen MR) is 82.7 cm³/mol. The molecule has 1 heterocycles. The van der Waals surface area contributed by atoms with Gasteiger partial charge in [0.1, 0.15) is 5.75 Å². The highest BCUT2D eigenvalue weighted by atomic mass is 16.5. The van der Waals surface area contributed by atoms with Crippen LogP contribution in [0.25, 0.3) is 10.9 Å². The number of ether oxygens (including phenoxy) is 1. The lowest BCUT2D eigenvalue weighted by Gasteiger charge is -2.06. The van der Waals surface area contributed by atoms with Gasteiger partial charge >= 0.3 is 5.97 Å². The van der Waals surface area contributed by atoms with E-state index < -0.39 is 5.97 Å². The molecule has 0 atom stereocenters. The maximum absolute atomic E-state index is 10.4. The number of benzene rings is 1. The third-order valence-electron chi connectivity index (χ3n) is 3.46. The molecule has 2 aromatic rings. The number of aromatic amines is 1. The van der Waals surface area contributed by atoms with Crippen LogP contribution in [0.3, 0.4) is 0 Å². The third kappa shape index (κ3) is 4.49. The van der Waals surface area contributed by atoms with E-state index in [2.05, 4.69) is 4.98 Å². The maximum atomic E-state index is 10.4. The lowest BCUT2D eigenvalue weighted by molar-refractivity contribution is -0.137. The quantitative estimate of drug-likeness (QED) is 0.619. The Morgan fingerprint density at radius 2 is 2.14 bits per heavy atom. The summed E-state index contributed by atoms with van der Waals surface area (Å²) in [4.78, 5) is 13.6. The fourth-order valence-corrected chi connectivity index (χ4v) is 2.35. The minimum atomic E-state index is -0.735. The number of nitrogens with one attached hydrogen (secondary N) is 1. The molecule has 0 unspecified atom stereocenters. The monoisotopic (exact) mass is 290 g/mol. The van der Waals surface area contributed by atoms with E-state index in [0.29, 0.717) is 19.6 Å². The summed E-state index contributed by atoms with van der Waals surface area (Å²) in [5.41, 5.74) is 7.91. The van der Waals surface area contributed by atoms with Gasteiger partial charge in [0.25, 0.3) is 0 Å². The predicted octanol–water partition coefficient (Wildman–Crippen LogP) is 2.69. The lowest BCUT2D eigenvalue weighted by Crippen LogP contribution is -2.02. The largest absolute Gasteiger partial charge is 0.494 e. The zero-order chi connectivity index (χ0) is 15.1. The summed E-state index contributed by atoms with van der Waals surface area (Å²) < 4.78 is 5.73. The fourth-order valence-electron chi connectivity index (χ4n) is 2.35. The van der Waals surface area contributed by atoms with Crippen molar-refractivity contribution in [3.63, 3.8) is 0 Å². The van der Waals surface area contributed by atoms with Gasteiger partial charge in [-0.1, -0.05) is 0 Å². The molecule has 0 aliphatic carbocycles. The van der Waals surface area contributed by atoms with Gasteiger partial charge in [-0.3, -0.25) is 4.79 Å². The van der Waals surface area contributed by atoms with Crippen molar-refractivity contribution in [1.29, 1.82) is 0 Å². The van der Waals surface area contributed by atoms with E-state index >= 15 is 0 Å². The van der Waals surface area contributed by atoms with Crippen LogP contribution in [0.2, 0.25) is 0 Å². The van der Waals surface area contributed by atoms with Gasteiger partial charge in [0.2, 0.25) is 0 Å². The summed E-state index contributed by atoms with van der Waals surface area (Å²) in [5, 5.41) is 9.71. The Balaban J connectivity index is 1.84. The van der Waals surface area contributed by atoms with E-state index in [4.69, 9.17) is 15.6 Å². The standard InChI is InChI=1S/C16H22N2O3/c17-8-7-12-11-18-15-6-5-13(10-14(12)15)21-9-3-1-2-4-16(19)20/h5-6,10-11,18H,1-4,7-9,17H2,(H,19,20). The Morgan fingerprint density at radius 1 is 1.29 bits per heavy atom. The number of hydrogen-bond donors (Lipinski definition) is 3. The third-order valence-corrected chi connectivity index (χ3v) is 3.46. The average molecular weight is 290 g/mol. The number of aromatic nitrogens is 1. The zero-order valence-corrected chi connectivity index (χ0v) is 12.1. The van der Waals surface area contributed by atoms with Gasteiger partial charge in [-0.05, 0) is 56.0 Å². The minimum Gasteiger partial charge on any atom is -0.494 e. The van der Waals surface area contributed by atoms with Crippen LogP contribution in [0.4, 0.5) is 0 Å². The van der Waals surface area contributed by atoms with Gasteiger partial charge < -0.3 is 20.6 Å². The van der Waals surface area contributed by atoms with E-state index in [1.165, 1.54) is 5.56 Å². The second-order valence-electron chi connectivity index (χ2n) is 5.11. The van der Waals surface area contributed by atoms with Crippen LogP contribution in [0.5, 0.6) is 5.75 Å². The fraction of sp³-hybridized carbons (Fsp3) is 0.438. The normalized spacial score (nSPS) is 10.9. The van der Waals surface area contributed by atoms with Gasteiger partial charge in [-0.15, -0.1) is 0 Å². The van der Waals surface area contributed by atoms with Crippen LogP contribution in [0, 0.1) is 0 Å². The van der Waals surface area contributed by atoms with Crippen LogP contribution < -0.4 is 10.5 Å². The Bertz CT molecular complexity index is 592. The molecule has 0 amide bonds. The SMILES string of the molecule is NCCc1c[nH]c2ccc(OCCCCCC(=O)O)cc12. The van der Waals surface area contributed by atoms with E-state index in [1.54, 1.807) is 0 Å². The molecule has 5 nitrogen and oxygen atoms in total. The highest BCUT2D eigenvalue weighted by Gasteiger charge is 2.05. The number of carbonyl (C=O) groups is 1. The first-order valence-electron chi connectivity index (χ1n) is 7.35. The van der Waals surface area contributed by atoms with Crippen LogP contribution in [-0.4, -0.2) is 29.2 Å². The molecule has 1 aromatic heterocycles. The molecule has 2 rings (SSSR count). The molecule has 0 aliphatic rings. The summed E-state index contributed by atoms with van der Waals surface area (Å²) in [5.74, 6) is 0.111. The number of H-pyrrole nitrogens is 1. The molecule has 21 heavy (non-hydrogen) atoms. The number of unbranched alkanes of at least 4 members (excludes halogenated alkanes) is 2. The zero-order valence-electron chi connectivity index (χ0n) is 12.1. The summed E-state index contributed by atoms with van der Waals surface area (Å²) in [7, 11) is 0. The Hall–Kier alpha value is -2.01. The number of hydrogen-bond acceptors (Lipinski definition) is 3. The van der Waals surface area contributed by atoms with Crippen molar-refractivity contribution in [2.75, 3.05) is 13.2 Å². The van der Waals surface area contributed by atoms with Crippen molar-refractivity contribution in [3.8, 4) is 5.75 Å². The summed E-state index contributed by atoms with van der Waals surface area (Å²) in [6, 6.07) is 5.99. The first-order valence-corrected chi connectivity index (χ1v) is 7.35. The summed E-state index contributed by atoms with van der Waals surface area (Å²) in [6.07, 6.45) is 5.52. The van der Waals surface area contributed by atoms with Crippen LogP contribution in [0.1, 0.15) is 31.2 Å². The molecular formula is C16H22N2O3. The van der Waals surface area contributed by atoms with Gasteiger partial charge in [0.05, 0.1) is 6.61 Å². The van der Waals surface area contributed by atoms with Crippen LogP contribution in [0.15, 0.2) is 24.4 Å². The number of rotatable bonds is 9. The number of carboxylic acids is 1. The second-order valence-corrected chi connectivity index (χ2v) is 5.11. The van der Waals surface area contributed by atoms with Gasteiger partial charge in [-0.2, -0.15) is 0 Å². The van der Waals surface area contributed by atoms with Crippen molar-refractivity contribution in [3.05, 3.63) is 30.0 Å². The van der Waals surface area contributed by atoms with Crippen molar-refractivity contribution < 1.29 is 14.6 Å². The van der Waals surface area contributed by atoms with Gasteiger partial charge in [0.15, 0.2) is 0 Å². The van der Waals surface area contributed by atoms with Crippen molar-refractivity contribution >= 4 is 16.9 Å². The topological polar surface area (TPSA) is 88.3 Å². The molecule has 0 fully saturated rings. The molecule has 4 N–H and O–H groups in total. The molecule has 114 valence electrons. The van der Waals surface area contributed by atoms with Crippen molar-refractivity contribution in [2.24, 2.45) is 5.73 Å². The molecule has 0 saturated heterocycles. The number of aliphatic carboxylic acids is 1. The molecular weight excluding hydrogens is 268 g/mol. The first-order chi connectivity index (χ1) is 10.2. The van der Waals surface area contributed by atoms with Crippen molar-refractivity contribution in [1.82, 2.24) is 4.98 Å². The van der Waals surface area contributed by atoms with Crippen LogP contribution in [-0.2, 0) is 11.2 Å². The summed E-state index contributed by atoms with van der Waals surface area (Å²) >= 11 is 0. The first kappa shape index (κ1) is 15.4. The van der Waals surface area contributed by atoms with E-state index in [9.17, 15) is 4.79 Å². The smallest absolute Gasteiger partial charge is 0.303 e. The summed E-state index contributed by atoms with van der Waals surface area (Å²) in [6.45, 7) is 1.24. The van der Waals surface area contributed by atoms with Gasteiger partial charge in [-0.25, -0.2) is 0 Å². The highest BCUT2D eigenvalue weighted by Crippen LogP contribution is 2.24. The molecule has 0 spiro atoms. The van der Waals surface area contributed by atoms with E-state index in [1.807, 2.05) is 24.4 Å². The minimum absolute atomic E-state index is 0.234. The van der Waals surface area contributed by atoms with Crippen molar-refractivity contribution in [2.45, 2.75) is 32.1 Å². The number of nitrogens with two attached hydrogens (primary N) is 1. The number of fused-ring (bicyclic) bond motifs is 1. The molecule has 0 radical (unpaired) electrons. The van der Waals surface area contributed by atoms with Crippen LogP contribution >= 0.6 is 0 Å². The van der Waals surface area contributed by atoms with E-state index in [0.717, 1.165) is 35.9 Å². The van der Waals surface area contributed by atoms with E-state index in [-0.39, 0.29) is 6.42 Å². The molecule has 5 heteroatoms.